The predicted molar refractivity (Wildman–Crippen MR) is 100 cm³/mol. The van der Waals surface area contributed by atoms with E-state index in [0.29, 0.717) is 29.4 Å². The van der Waals surface area contributed by atoms with Crippen LogP contribution >= 0.6 is 0 Å². The number of pyridine rings is 1. The van der Waals surface area contributed by atoms with E-state index in [1.807, 2.05) is 36.5 Å². The van der Waals surface area contributed by atoms with Crippen molar-refractivity contribution in [3.8, 4) is 34.3 Å². The van der Waals surface area contributed by atoms with Gasteiger partial charge < -0.3 is 18.9 Å². The van der Waals surface area contributed by atoms with Crippen molar-refractivity contribution in [1.29, 1.82) is 0 Å². The monoisotopic (exact) mass is 366 g/mol. The van der Waals surface area contributed by atoms with Gasteiger partial charge in [-0.3, -0.25) is 0 Å². The maximum Gasteiger partial charge on any atom is 0.397 e. The van der Waals surface area contributed by atoms with Gasteiger partial charge in [0.05, 0.1) is 39.4 Å². The van der Waals surface area contributed by atoms with E-state index in [4.69, 9.17) is 18.9 Å². The summed E-state index contributed by atoms with van der Waals surface area (Å²) in [5, 5.41) is 1.85. The highest BCUT2D eigenvalue weighted by molar-refractivity contribution is 5.91. The summed E-state index contributed by atoms with van der Waals surface area (Å²) >= 11 is 0. The molecule has 0 saturated carbocycles. The molecule has 138 valence electrons. The number of fused-ring (bicyclic) bond motifs is 4. The molecule has 3 aromatic rings. The Balaban J connectivity index is 1.99. The Bertz CT molecular complexity index is 1070. The van der Waals surface area contributed by atoms with Gasteiger partial charge in [-0.25, -0.2) is 4.79 Å². The number of nitrogens with zero attached hydrogens (tertiary/aromatic N) is 1. The number of benzene rings is 2. The summed E-state index contributed by atoms with van der Waals surface area (Å²) in [5.41, 5.74) is 2.67. The molecule has 0 unspecified atom stereocenters. The predicted octanol–water partition coefficient (Wildman–Crippen LogP) is 3.03. The number of carbonyl (C=O) groups excluding carboxylic acids is 1. The van der Waals surface area contributed by atoms with E-state index >= 15 is 0 Å². The number of rotatable bonds is 4. The summed E-state index contributed by atoms with van der Waals surface area (Å²) in [6.45, 7) is 0. The lowest BCUT2D eigenvalue weighted by atomic mass is 9.94. The van der Waals surface area contributed by atoms with Crippen LogP contribution < -0.4 is 23.5 Å². The Morgan fingerprint density at radius 3 is 1.93 bits per heavy atom. The summed E-state index contributed by atoms with van der Waals surface area (Å²) in [5.74, 6) is 2.51. The van der Waals surface area contributed by atoms with Crippen LogP contribution in [0.5, 0.6) is 23.0 Å². The third kappa shape index (κ3) is 2.65. The van der Waals surface area contributed by atoms with Crippen LogP contribution in [0.2, 0.25) is 0 Å². The Kier molecular flexibility index (Phi) is 4.11. The highest BCUT2D eigenvalue weighted by atomic mass is 16.5. The minimum Gasteiger partial charge on any atom is -0.493 e. The van der Waals surface area contributed by atoms with Crippen LogP contribution in [0.25, 0.3) is 22.0 Å². The lowest BCUT2D eigenvalue weighted by molar-refractivity contribution is -0.562. The zero-order valence-corrected chi connectivity index (χ0v) is 15.7. The molecule has 0 bridgehead atoms. The van der Waals surface area contributed by atoms with Crippen LogP contribution in [0, 0.1) is 0 Å². The molecule has 0 radical (unpaired) electrons. The summed E-state index contributed by atoms with van der Waals surface area (Å²) in [7, 11) is 6.39. The fourth-order valence-corrected chi connectivity index (χ4v) is 3.54. The topological polar surface area (TPSA) is 57.9 Å². The maximum atomic E-state index is 12.8. The summed E-state index contributed by atoms with van der Waals surface area (Å²) in [4.78, 5) is 12.8. The first-order chi connectivity index (χ1) is 13.1. The molecule has 2 heterocycles. The Labute approximate surface area is 156 Å². The molecular weight excluding hydrogens is 346 g/mol. The largest absolute Gasteiger partial charge is 0.493 e. The van der Waals surface area contributed by atoms with Crippen molar-refractivity contribution in [3.05, 3.63) is 42.1 Å². The summed E-state index contributed by atoms with van der Waals surface area (Å²) in [6, 6.07) is 9.56. The second kappa shape index (κ2) is 6.46. The molecule has 27 heavy (non-hydrogen) atoms. The van der Waals surface area contributed by atoms with Crippen LogP contribution in [0.15, 0.2) is 36.5 Å². The van der Waals surface area contributed by atoms with Gasteiger partial charge in [-0.15, -0.1) is 4.57 Å². The fourth-order valence-electron chi connectivity index (χ4n) is 3.54. The third-order valence-electron chi connectivity index (χ3n) is 4.90. The minimum absolute atomic E-state index is 0.00130. The molecule has 1 aromatic heterocycles. The number of hydrogen-bond acceptors (Lipinski definition) is 5. The number of ether oxygens (including phenoxy) is 4. The van der Waals surface area contributed by atoms with Gasteiger partial charge >= 0.3 is 5.91 Å². The highest BCUT2D eigenvalue weighted by Gasteiger charge is 2.32. The molecule has 2 aromatic carbocycles. The second-order valence-corrected chi connectivity index (χ2v) is 6.30. The first-order valence-electron chi connectivity index (χ1n) is 8.49. The molecule has 0 atom stereocenters. The number of aromatic nitrogens is 1. The van der Waals surface area contributed by atoms with E-state index in [1.165, 1.54) is 0 Å². The van der Waals surface area contributed by atoms with Crippen molar-refractivity contribution in [2.45, 2.75) is 6.42 Å². The average molecular weight is 366 g/mol. The van der Waals surface area contributed by atoms with Gasteiger partial charge in [-0.05, 0) is 35.2 Å². The van der Waals surface area contributed by atoms with Crippen molar-refractivity contribution >= 4 is 16.7 Å². The Hall–Kier alpha value is -3.28. The smallest absolute Gasteiger partial charge is 0.397 e. The van der Waals surface area contributed by atoms with Gasteiger partial charge in [0.15, 0.2) is 29.2 Å². The zero-order valence-electron chi connectivity index (χ0n) is 15.7. The molecule has 1 aliphatic rings. The summed E-state index contributed by atoms with van der Waals surface area (Å²) in [6.07, 6.45) is 2.14. The minimum atomic E-state index is 0.00130. The van der Waals surface area contributed by atoms with Crippen molar-refractivity contribution in [1.82, 2.24) is 0 Å². The lowest BCUT2D eigenvalue weighted by Crippen LogP contribution is -2.47. The van der Waals surface area contributed by atoms with E-state index < -0.39 is 0 Å². The van der Waals surface area contributed by atoms with Crippen molar-refractivity contribution in [2.75, 3.05) is 28.4 Å². The molecule has 0 saturated heterocycles. The molecule has 4 rings (SSSR count). The van der Waals surface area contributed by atoms with E-state index in [9.17, 15) is 4.79 Å². The van der Waals surface area contributed by atoms with Gasteiger partial charge in [0.25, 0.3) is 0 Å². The third-order valence-corrected chi connectivity index (χ3v) is 4.90. The van der Waals surface area contributed by atoms with Gasteiger partial charge in [0, 0.05) is 6.07 Å². The molecule has 0 amide bonds. The van der Waals surface area contributed by atoms with Crippen LogP contribution in [0.4, 0.5) is 0 Å². The van der Waals surface area contributed by atoms with Crippen LogP contribution in [-0.2, 0) is 6.42 Å². The molecule has 0 spiro atoms. The average Bonchev–Trinajstić information content (AvgIpc) is 2.70. The number of carbonyl (C=O) groups is 1. The highest BCUT2D eigenvalue weighted by Crippen LogP contribution is 2.38. The van der Waals surface area contributed by atoms with Gasteiger partial charge in [0.2, 0.25) is 5.69 Å². The molecular formula is C21H20NO5+. The van der Waals surface area contributed by atoms with E-state index in [0.717, 1.165) is 27.6 Å². The van der Waals surface area contributed by atoms with E-state index in [-0.39, 0.29) is 5.91 Å². The van der Waals surface area contributed by atoms with E-state index in [1.54, 1.807) is 33.0 Å². The van der Waals surface area contributed by atoms with E-state index in [2.05, 4.69) is 0 Å². The molecule has 6 nitrogen and oxygen atoms in total. The number of methoxy groups -OCH3 is 4. The second-order valence-electron chi connectivity index (χ2n) is 6.30. The fraction of sp³-hybridized carbons (Fsp3) is 0.238. The molecule has 0 aliphatic carbocycles. The normalized spacial score (nSPS) is 12.4. The zero-order chi connectivity index (χ0) is 19.1. The van der Waals surface area contributed by atoms with Gasteiger partial charge in [0.1, 0.15) is 6.42 Å². The molecule has 0 fully saturated rings. The van der Waals surface area contributed by atoms with Crippen molar-refractivity contribution in [3.63, 3.8) is 0 Å². The number of hydrogen-bond donors (Lipinski definition) is 0. The van der Waals surface area contributed by atoms with Crippen molar-refractivity contribution in [2.24, 2.45) is 0 Å². The Morgan fingerprint density at radius 1 is 0.741 bits per heavy atom. The van der Waals surface area contributed by atoms with Crippen LogP contribution in [0.3, 0.4) is 0 Å². The standard InChI is InChI=1S/C21H20NO5/c1-24-17-6-12-5-16-15-10-20(27-4)18(25-2)7-13(15)9-21(23)22(16)11-14(12)8-19(17)26-3/h5-8,10-11H,9H2,1-4H3/q+1. The van der Waals surface area contributed by atoms with Gasteiger partial charge in [-0.1, -0.05) is 0 Å². The molecule has 0 N–H and O–H groups in total. The molecule has 6 heteroatoms. The SMILES string of the molecule is COc1cc2c(cc1OC)-c1cc3cc(OC)c(OC)cc3c[n+]1C(=O)C2. The van der Waals surface area contributed by atoms with Gasteiger partial charge in [-0.2, -0.15) is 0 Å². The molecule has 1 aliphatic heterocycles. The van der Waals surface area contributed by atoms with Crippen LogP contribution in [0.1, 0.15) is 10.4 Å². The maximum absolute atomic E-state index is 12.8. The Morgan fingerprint density at radius 2 is 1.30 bits per heavy atom. The quantitative estimate of drug-likeness (QED) is 0.665. The van der Waals surface area contributed by atoms with Crippen molar-refractivity contribution < 1.29 is 28.3 Å². The van der Waals surface area contributed by atoms with Crippen LogP contribution in [-0.4, -0.2) is 34.3 Å². The lowest BCUT2D eigenvalue weighted by Gasteiger charge is -2.17. The first kappa shape index (κ1) is 17.1. The first-order valence-corrected chi connectivity index (χ1v) is 8.49. The summed E-state index contributed by atoms with van der Waals surface area (Å²) < 4.78 is 23.3.